The molecule has 2 heterocycles. The predicted octanol–water partition coefficient (Wildman–Crippen LogP) is 5.16. The quantitative estimate of drug-likeness (QED) is 0.141. The molecule has 0 saturated heterocycles. The van der Waals surface area contributed by atoms with E-state index in [1.54, 1.807) is 19.9 Å². The lowest BCUT2D eigenvalue weighted by Crippen LogP contribution is -2.15. The number of nitrogens with one attached hydrogen (secondary N) is 2. The molecule has 0 aliphatic rings. The monoisotopic (exact) mass is 718 g/mol. The van der Waals surface area contributed by atoms with Crippen LogP contribution >= 0.6 is 27.3 Å². The number of phenols is 1. The lowest BCUT2D eigenvalue weighted by molar-refractivity contribution is 0.0994. The molecule has 5 aromatic rings. The largest absolute Gasteiger partial charge is 0.506 e. The van der Waals surface area contributed by atoms with Crippen LogP contribution in [0, 0.1) is 6.92 Å². The van der Waals surface area contributed by atoms with Crippen molar-refractivity contribution in [3.63, 3.8) is 0 Å². The summed E-state index contributed by atoms with van der Waals surface area (Å²) >= 11 is 4.14. The Bertz CT molecular complexity index is 2150. The van der Waals surface area contributed by atoms with Crippen molar-refractivity contribution in [2.75, 3.05) is 9.44 Å². The molecule has 3 aromatic carbocycles. The summed E-state index contributed by atoms with van der Waals surface area (Å²) in [5.41, 5.74) is 6.47. The maximum Gasteiger partial charge on any atom is 0.268 e. The topological polar surface area (TPSA) is 199 Å². The minimum Gasteiger partial charge on any atom is -0.506 e. The second kappa shape index (κ2) is 11.7. The lowest BCUT2D eigenvalue weighted by Gasteiger charge is -2.10. The second-order valence-corrected chi connectivity index (χ2v) is 14.6. The van der Waals surface area contributed by atoms with Gasteiger partial charge in [0.1, 0.15) is 22.8 Å². The molecule has 0 fully saturated rings. The summed E-state index contributed by atoms with van der Waals surface area (Å²) in [7, 11) is -8.24. The Morgan fingerprint density at radius 2 is 1.66 bits per heavy atom. The van der Waals surface area contributed by atoms with E-state index in [1.165, 1.54) is 53.9 Å². The first kappa shape index (κ1) is 31.2. The van der Waals surface area contributed by atoms with Gasteiger partial charge in [-0.1, -0.05) is 6.92 Å². The zero-order valence-corrected chi connectivity index (χ0v) is 26.9. The first-order valence-electron chi connectivity index (χ1n) is 12.7. The third kappa shape index (κ3) is 6.06. The minimum absolute atomic E-state index is 0.0282. The zero-order chi connectivity index (χ0) is 32.0. The van der Waals surface area contributed by atoms with Crippen molar-refractivity contribution in [3.8, 4) is 5.75 Å². The molecular weight excluding hydrogens is 696 g/mol. The third-order valence-corrected chi connectivity index (χ3v) is 10.7. The van der Waals surface area contributed by atoms with Gasteiger partial charge in [0, 0.05) is 34.5 Å². The Labute approximate surface area is 264 Å². The van der Waals surface area contributed by atoms with Crippen molar-refractivity contribution >= 4 is 80.8 Å². The fourth-order valence-electron chi connectivity index (χ4n) is 4.33. The molecule has 0 aliphatic heterocycles. The third-order valence-electron chi connectivity index (χ3n) is 6.50. The molecule has 228 valence electrons. The molecule has 2 aromatic heterocycles. The number of primary amides is 1. The van der Waals surface area contributed by atoms with Crippen molar-refractivity contribution in [1.29, 1.82) is 0 Å². The van der Waals surface area contributed by atoms with Crippen LogP contribution in [0.1, 0.15) is 44.7 Å². The number of hydrogen-bond acceptors (Lipinski definition) is 10. The predicted molar refractivity (Wildman–Crippen MR) is 168 cm³/mol. The fourth-order valence-corrected chi connectivity index (χ4v) is 7.91. The number of carbonyl (C=O) groups excluding carboxylic acids is 2. The highest BCUT2D eigenvalue weighted by molar-refractivity contribution is 9.10. The van der Waals surface area contributed by atoms with Gasteiger partial charge in [-0.2, -0.15) is 0 Å². The van der Waals surface area contributed by atoms with Gasteiger partial charge in [-0.15, -0.1) is 11.3 Å². The summed E-state index contributed by atoms with van der Waals surface area (Å²) in [5.74, 6) is -0.735. The van der Waals surface area contributed by atoms with Gasteiger partial charge >= 0.3 is 0 Å². The molecule has 0 bridgehead atoms. The number of fused-ring (bicyclic) bond motifs is 1. The molecule has 0 unspecified atom stereocenters. The van der Waals surface area contributed by atoms with Crippen molar-refractivity contribution in [2.24, 2.45) is 5.73 Å². The molecule has 0 radical (unpaired) electrons. The highest BCUT2D eigenvalue weighted by Crippen LogP contribution is 2.34. The van der Waals surface area contributed by atoms with E-state index in [0.717, 1.165) is 11.3 Å². The highest BCUT2D eigenvalue weighted by Gasteiger charge is 2.25. The standard InChI is InChI=1S/C28H23BrN4O8S3/c1-3-22-24(26(35)15-10-14(2)25(34)20(29)11-15)19-9-8-18(12-23(19)41-22)44(39,40)32-16-4-6-17(7-5-16)43(37,38)33-28-31-21(13-42-28)27(30)36/h4-13,32,34H,3H2,1-2H3,(H2,30,36)(H,31,33). The number of anilines is 2. The molecule has 0 atom stereocenters. The van der Waals surface area contributed by atoms with Gasteiger partial charge in [-0.3, -0.25) is 19.0 Å². The SMILES string of the molecule is CCc1oc2cc(S(=O)(=O)Nc3ccc(S(=O)(=O)Nc4nc(C(N)=O)cs4)cc3)ccc2c1C(=O)c1cc(C)c(O)c(Br)c1. The normalized spacial score (nSPS) is 11.9. The fraction of sp³-hybridized carbons (Fsp3) is 0.107. The van der Waals surface area contributed by atoms with E-state index in [9.17, 15) is 31.5 Å². The number of furan rings is 1. The maximum absolute atomic E-state index is 13.5. The molecule has 12 nitrogen and oxygen atoms in total. The number of phenolic OH excluding ortho intramolecular Hbond substituents is 1. The van der Waals surface area contributed by atoms with Gasteiger partial charge in [-0.25, -0.2) is 21.8 Å². The molecule has 5 rings (SSSR count). The van der Waals surface area contributed by atoms with Crippen LogP contribution in [0.4, 0.5) is 10.8 Å². The number of halogens is 1. The Morgan fingerprint density at radius 3 is 2.27 bits per heavy atom. The molecule has 0 spiro atoms. The van der Waals surface area contributed by atoms with E-state index < -0.39 is 26.0 Å². The van der Waals surface area contributed by atoms with Crippen LogP contribution in [0.5, 0.6) is 5.75 Å². The average molecular weight is 720 g/mol. The van der Waals surface area contributed by atoms with Crippen LogP contribution < -0.4 is 15.2 Å². The number of sulfonamides is 2. The van der Waals surface area contributed by atoms with Crippen molar-refractivity contribution < 1.29 is 35.9 Å². The Hall–Kier alpha value is -4.25. The first-order chi connectivity index (χ1) is 20.7. The van der Waals surface area contributed by atoms with Crippen LogP contribution in [0.25, 0.3) is 11.0 Å². The summed E-state index contributed by atoms with van der Waals surface area (Å²) in [5, 5.41) is 11.8. The smallest absolute Gasteiger partial charge is 0.268 e. The molecule has 44 heavy (non-hydrogen) atoms. The number of aromatic nitrogens is 1. The number of aryl methyl sites for hydroxylation is 2. The van der Waals surface area contributed by atoms with Crippen molar-refractivity contribution in [2.45, 2.75) is 30.1 Å². The molecule has 16 heteroatoms. The van der Waals surface area contributed by atoms with Crippen LogP contribution in [-0.4, -0.2) is 38.6 Å². The van der Waals surface area contributed by atoms with Gasteiger partial charge in [0.05, 0.1) is 19.8 Å². The van der Waals surface area contributed by atoms with Gasteiger partial charge < -0.3 is 15.3 Å². The second-order valence-electron chi connectivity index (χ2n) is 9.50. The average Bonchev–Trinajstić information content (AvgIpc) is 3.59. The Morgan fingerprint density at radius 1 is 1.00 bits per heavy atom. The minimum atomic E-state index is -4.15. The number of nitrogens with two attached hydrogens (primary N) is 1. The molecule has 1 amide bonds. The molecular formula is C28H23BrN4O8S3. The molecule has 0 aliphatic carbocycles. The number of thiazole rings is 1. The van der Waals surface area contributed by atoms with E-state index in [4.69, 9.17) is 10.2 Å². The van der Waals surface area contributed by atoms with Crippen LogP contribution in [0.3, 0.4) is 0 Å². The molecule has 5 N–H and O–H groups in total. The highest BCUT2D eigenvalue weighted by atomic mass is 79.9. The van der Waals surface area contributed by atoms with Gasteiger partial charge in [-0.05, 0) is 76.9 Å². The van der Waals surface area contributed by atoms with E-state index >= 15 is 0 Å². The number of ketones is 1. The van der Waals surface area contributed by atoms with E-state index in [2.05, 4.69) is 30.4 Å². The lowest BCUT2D eigenvalue weighted by atomic mass is 9.98. The summed E-state index contributed by atoms with van der Waals surface area (Å²) < 4.78 is 62.8. The number of benzene rings is 3. The number of hydrogen-bond donors (Lipinski definition) is 4. The Kier molecular flexibility index (Phi) is 8.28. The summed E-state index contributed by atoms with van der Waals surface area (Å²) in [6, 6.07) is 12.2. The summed E-state index contributed by atoms with van der Waals surface area (Å²) in [6.07, 6.45) is 0.368. The number of nitrogens with zero attached hydrogens (tertiary/aromatic N) is 1. The first-order valence-corrected chi connectivity index (χ1v) is 17.3. The van der Waals surface area contributed by atoms with E-state index in [0.29, 0.717) is 38.7 Å². The zero-order valence-electron chi connectivity index (χ0n) is 22.9. The van der Waals surface area contributed by atoms with Gasteiger partial charge in [0.25, 0.3) is 26.0 Å². The van der Waals surface area contributed by atoms with Gasteiger partial charge in [0.15, 0.2) is 10.9 Å². The summed E-state index contributed by atoms with van der Waals surface area (Å²) in [6.45, 7) is 3.48. The number of rotatable bonds is 10. The van der Waals surface area contributed by atoms with Crippen LogP contribution in [0.15, 0.2) is 78.7 Å². The van der Waals surface area contributed by atoms with Crippen molar-refractivity contribution in [1.82, 2.24) is 4.98 Å². The Balaban J connectivity index is 1.39. The van der Waals surface area contributed by atoms with Crippen LogP contribution in [0.2, 0.25) is 0 Å². The van der Waals surface area contributed by atoms with E-state index in [-0.39, 0.29) is 43.4 Å². The number of carbonyl (C=O) groups is 2. The number of aromatic hydroxyl groups is 1. The number of amides is 1. The van der Waals surface area contributed by atoms with E-state index in [1.807, 2.05) is 0 Å². The van der Waals surface area contributed by atoms with Crippen molar-refractivity contribution in [3.05, 3.63) is 92.6 Å². The summed E-state index contributed by atoms with van der Waals surface area (Å²) in [4.78, 5) is 28.2. The maximum atomic E-state index is 13.5. The molecule has 0 saturated carbocycles. The van der Waals surface area contributed by atoms with Gasteiger partial charge in [0.2, 0.25) is 0 Å². The van der Waals surface area contributed by atoms with Crippen LogP contribution in [-0.2, 0) is 26.5 Å².